The predicted molar refractivity (Wildman–Crippen MR) is 78.6 cm³/mol. The number of ether oxygens (including phenoxy) is 1. The Morgan fingerprint density at radius 2 is 2.11 bits per heavy atom. The number of rotatable bonds is 8. The normalized spacial score (nSPS) is 11.3. The second kappa shape index (κ2) is 7.57. The molecule has 0 aliphatic carbocycles. The molecule has 0 saturated heterocycles. The van der Waals surface area contributed by atoms with Gasteiger partial charge in [-0.1, -0.05) is 18.5 Å². The van der Waals surface area contributed by atoms with Crippen LogP contribution < -0.4 is 14.8 Å². The minimum Gasteiger partial charge on any atom is -0.497 e. The Morgan fingerprint density at radius 1 is 1.37 bits per heavy atom. The van der Waals surface area contributed by atoms with E-state index in [1.807, 2.05) is 6.92 Å². The lowest BCUT2D eigenvalue weighted by molar-refractivity contribution is 0.415. The summed E-state index contributed by atoms with van der Waals surface area (Å²) in [5.41, 5.74) is 0.337. The summed E-state index contributed by atoms with van der Waals surface area (Å²) >= 11 is 5.95. The lowest BCUT2D eigenvalue weighted by atomic mass is 10.3. The molecular weight excluding hydrogens is 288 g/mol. The fourth-order valence-electron chi connectivity index (χ4n) is 1.49. The zero-order valence-corrected chi connectivity index (χ0v) is 12.6. The van der Waals surface area contributed by atoms with Crippen LogP contribution >= 0.6 is 11.6 Å². The molecule has 1 aromatic carbocycles. The van der Waals surface area contributed by atoms with Crippen LogP contribution in [-0.4, -0.2) is 34.4 Å². The van der Waals surface area contributed by atoms with Gasteiger partial charge < -0.3 is 10.1 Å². The number of nitrogens with one attached hydrogen (secondary N) is 2. The summed E-state index contributed by atoms with van der Waals surface area (Å²) in [5, 5.41) is 3.42. The maximum atomic E-state index is 11.9. The van der Waals surface area contributed by atoms with Gasteiger partial charge in [0, 0.05) is 6.07 Å². The highest BCUT2D eigenvalue weighted by molar-refractivity contribution is 7.92. The van der Waals surface area contributed by atoms with E-state index in [2.05, 4.69) is 10.0 Å². The van der Waals surface area contributed by atoms with Crippen molar-refractivity contribution in [2.24, 2.45) is 0 Å². The summed E-state index contributed by atoms with van der Waals surface area (Å²) in [6.45, 7) is 3.47. The molecule has 5 nitrogen and oxygen atoms in total. The van der Waals surface area contributed by atoms with Crippen molar-refractivity contribution in [2.75, 3.05) is 30.7 Å². The standard InChI is InChI=1S/C12H19ClN2O3S/c1-3-14-7-4-8-19(16,17)15-12-9-10(18-2)5-6-11(12)13/h5-6,9,14-15H,3-4,7-8H2,1-2H3. The molecule has 0 saturated carbocycles. The van der Waals surface area contributed by atoms with Crippen LogP contribution in [0.2, 0.25) is 5.02 Å². The Morgan fingerprint density at radius 3 is 2.74 bits per heavy atom. The van der Waals surface area contributed by atoms with Crippen LogP contribution in [0.5, 0.6) is 5.75 Å². The summed E-state index contributed by atoms with van der Waals surface area (Å²) in [4.78, 5) is 0. The molecule has 2 N–H and O–H groups in total. The van der Waals surface area contributed by atoms with Crippen LogP contribution in [0.25, 0.3) is 0 Å². The van der Waals surface area contributed by atoms with E-state index < -0.39 is 10.0 Å². The Bertz CT molecular complexity index is 506. The van der Waals surface area contributed by atoms with E-state index in [-0.39, 0.29) is 5.75 Å². The summed E-state index contributed by atoms with van der Waals surface area (Å²) in [6.07, 6.45) is 0.546. The molecule has 0 aromatic heterocycles. The second-order valence-corrected chi connectivity index (χ2v) is 6.22. The number of halogens is 1. The number of anilines is 1. The van der Waals surface area contributed by atoms with Crippen molar-refractivity contribution < 1.29 is 13.2 Å². The maximum absolute atomic E-state index is 11.9. The predicted octanol–water partition coefficient (Wildman–Crippen LogP) is 2.09. The van der Waals surface area contributed by atoms with E-state index >= 15 is 0 Å². The molecule has 0 fully saturated rings. The summed E-state index contributed by atoms with van der Waals surface area (Å²) in [5.74, 6) is 0.600. The SMILES string of the molecule is CCNCCCS(=O)(=O)Nc1cc(OC)ccc1Cl. The van der Waals surface area contributed by atoms with Crippen molar-refractivity contribution in [1.29, 1.82) is 0 Å². The Hall–Kier alpha value is -0.980. The van der Waals surface area contributed by atoms with Crippen LogP contribution in [0.4, 0.5) is 5.69 Å². The third-order valence-corrected chi connectivity index (χ3v) is 4.14. The van der Waals surface area contributed by atoms with Gasteiger partial charge >= 0.3 is 0 Å². The number of hydrogen-bond donors (Lipinski definition) is 2. The van der Waals surface area contributed by atoms with Gasteiger partial charge in [-0.15, -0.1) is 0 Å². The van der Waals surface area contributed by atoms with Crippen molar-refractivity contribution in [3.05, 3.63) is 23.2 Å². The molecule has 1 aromatic rings. The molecule has 19 heavy (non-hydrogen) atoms. The lowest BCUT2D eigenvalue weighted by Gasteiger charge is -2.11. The highest BCUT2D eigenvalue weighted by atomic mass is 35.5. The van der Waals surface area contributed by atoms with Crippen molar-refractivity contribution in [2.45, 2.75) is 13.3 Å². The monoisotopic (exact) mass is 306 g/mol. The fraction of sp³-hybridized carbons (Fsp3) is 0.500. The maximum Gasteiger partial charge on any atom is 0.232 e. The van der Waals surface area contributed by atoms with Crippen molar-refractivity contribution in [3.8, 4) is 5.75 Å². The van der Waals surface area contributed by atoms with Crippen molar-refractivity contribution >= 4 is 27.3 Å². The molecule has 0 radical (unpaired) electrons. The Labute approximate surface area is 119 Å². The third-order valence-electron chi connectivity index (χ3n) is 2.46. The molecule has 0 aliphatic heterocycles. The number of sulfonamides is 1. The first-order valence-corrected chi connectivity index (χ1v) is 8.06. The first kappa shape index (κ1) is 16.1. The summed E-state index contributed by atoms with van der Waals surface area (Å²) < 4.78 is 31.3. The average molecular weight is 307 g/mol. The van der Waals surface area contributed by atoms with Crippen LogP contribution in [0.15, 0.2) is 18.2 Å². The van der Waals surface area contributed by atoms with Gasteiger partial charge in [0.05, 0.1) is 23.6 Å². The van der Waals surface area contributed by atoms with Gasteiger partial charge in [0.25, 0.3) is 0 Å². The van der Waals surface area contributed by atoms with Gasteiger partial charge in [-0.3, -0.25) is 4.72 Å². The highest BCUT2D eigenvalue weighted by Crippen LogP contribution is 2.27. The molecule has 0 unspecified atom stereocenters. The molecule has 7 heteroatoms. The molecule has 0 atom stereocenters. The van der Waals surface area contributed by atoms with Gasteiger partial charge in [0.1, 0.15) is 5.75 Å². The first-order chi connectivity index (χ1) is 8.98. The number of hydrogen-bond acceptors (Lipinski definition) is 4. The van der Waals surface area contributed by atoms with E-state index in [0.29, 0.717) is 29.4 Å². The van der Waals surface area contributed by atoms with E-state index in [1.54, 1.807) is 18.2 Å². The zero-order chi connectivity index (χ0) is 14.3. The third kappa shape index (κ3) is 5.67. The largest absolute Gasteiger partial charge is 0.497 e. The first-order valence-electron chi connectivity index (χ1n) is 6.03. The minimum absolute atomic E-state index is 0.0491. The smallest absolute Gasteiger partial charge is 0.232 e. The molecule has 0 amide bonds. The van der Waals surface area contributed by atoms with Gasteiger partial charge in [0.15, 0.2) is 0 Å². The number of benzene rings is 1. The van der Waals surface area contributed by atoms with Crippen LogP contribution in [-0.2, 0) is 10.0 Å². The van der Waals surface area contributed by atoms with Gasteiger partial charge in [-0.25, -0.2) is 8.42 Å². The molecule has 0 aliphatic rings. The van der Waals surface area contributed by atoms with Crippen LogP contribution in [0.1, 0.15) is 13.3 Å². The van der Waals surface area contributed by atoms with E-state index in [1.165, 1.54) is 7.11 Å². The summed E-state index contributed by atoms with van der Waals surface area (Å²) in [6, 6.07) is 4.83. The van der Waals surface area contributed by atoms with Crippen molar-refractivity contribution in [3.63, 3.8) is 0 Å². The quantitative estimate of drug-likeness (QED) is 0.722. The highest BCUT2D eigenvalue weighted by Gasteiger charge is 2.12. The van der Waals surface area contributed by atoms with E-state index in [0.717, 1.165) is 6.54 Å². The average Bonchev–Trinajstić information content (AvgIpc) is 2.37. The van der Waals surface area contributed by atoms with Gasteiger partial charge in [0.2, 0.25) is 10.0 Å². The van der Waals surface area contributed by atoms with Gasteiger partial charge in [-0.05, 0) is 31.6 Å². The molecule has 0 heterocycles. The van der Waals surface area contributed by atoms with Crippen LogP contribution in [0.3, 0.4) is 0 Å². The Kier molecular flexibility index (Phi) is 6.41. The minimum atomic E-state index is -3.39. The fourth-order valence-corrected chi connectivity index (χ4v) is 2.84. The van der Waals surface area contributed by atoms with Crippen LogP contribution in [0, 0.1) is 0 Å². The lowest BCUT2D eigenvalue weighted by Crippen LogP contribution is -2.22. The molecule has 1 rings (SSSR count). The summed E-state index contributed by atoms with van der Waals surface area (Å²) in [7, 11) is -1.88. The molecule has 0 bridgehead atoms. The molecule has 108 valence electrons. The van der Waals surface area contributed by atoms with E-state index in [9.17, 15) is 8.42 Å². The topological polar surface area (TPSA) is 67.4 Å². The Balaban J connectivity index is 2.67. The molecule has 0 spiro atoms. The zero-order valence-electron chi connectivity index (χ0n) is 11.1. The molecular formula is C12H19ClN2O3S. The van der Waals surface area contributed by atoms with Crippen molar-refractivity contribution in [1.82, 2.24) is 5.32 Å². The van der Waals surface area contributed by atoms with Gasteiger partial charge in [-0.2, -0.15) is 0 Å². The second-order valence-electron chi connectivity index (χ2n) is 3.97. The number of methoxy groups -OCH3 is 1. The van der Waals surface area contributed by atoms with E-state index in [4.69, 9.17) is 16.3 Å².